The zero-order valence-corrected chi connectivity index (χ0v) is 17.5. The van der Waals surface area contributed by atoms with Gasteiger partial charge in [-0.05, 0) is 45.2 Å². The summed E-state index contributed by atoms with van der Waals surface area (Å²) in [6, 6.07) is 7.05. The summed E-state index contributed by atoms with van der Waals surface area (Å²) in [5.41, 5.74) is 3.41. The van der Waals surface area contributed by atoms with Gasteiger partial charge in [0.15, 0.2) is 0 Å². The normalized spacial score (nSPS) is 18.0. The van der Waals surface area contributed by atoms with E-state index < -0.39 is 0 Å². The third kappa shape index (κ3) is 4.22. The van der Waals surface area contributed by atoms with Crippen molar-refractivity contribution in [3.05, 3.63) is 51.8 Å². The van der Waals surface area contributed by atoms with Crippen molar-refractivity contribution in [2.75, 3.05) is 13.2 Å². The average Bonchev–Trinajstić information content (AvgIpc) is 3.38. The summed E-state index contributed by atoms with van der Waals surface area (Å²) in [7, 11) is 1.89. The quantitative estimate of drug-likeness (QED) is 0.663. The van der Waals surface area contributed by atoms with Gasteiger partial charge in [-0.15, -0.1) is 0 Å². The Morgan fingerprint density at radius 3 is 2.64 bits per heavy atom. The van der Waals surface area contributed by atoms with Gasteiger partial charge in [-0.1, -0.05) is 23.7 Å². The highest BCUT2D eigenvalue weighted by Gasteiger charge is 2.45. The Balaban J connectivity index is 1.83. The van der Waals surface area contributed by atoms with Crippen LogP contribution in [0.4, 0.5) is 0 Å². The highest BCUT2D eigenvalue weighted by Crippen LogP contribution is 2.40. The van der Waals surface area contributed by atoms with Gasteiger partial charge in [0.25, 0.3) is 5.91 Å². The molecule has 1 heterocycles. The van der Waals surface area contributed by atoms with Gasteiger partial charge >= 0.3 is 5.97 Å². The first-order valence-electron chi connectivity index (χ1n) is 9.53. The summed E-state index contributed by atoms with van der Waals surface area (Å²) in [6.07, 6.45) is 0.746. The lowest BCUT2D eigenvalue weighted by Gasteiger charge is -2.24. The molecule has 0 spiro atoms. The molecule has 1 amide bonds. The van der Waals surface area contributed by atoms with Crippen molar-refractivity contribution in [2.45, 2.75) is 33.7 Å². The number of carbonyl (C=O) groups is 2. The molecule has 2 unspecified atom stereocenters. The lowest BCUT2D eigenvalue weighted by atomic mass is 10.1. The predicted molar refractivity (Wildman–Crippen MR) is 107 cm³/mol. The Morgan fingerprint density at radius 2 is 2.04 bits per heavy atom. The second kappa shape index (κ2) is 8.35. The summed E-state index contributed by atoms with van der Waals surface area (Å²) < 4.78 is 6.95. The fourth-order valence-electron chi connectivity index (χ4n) is 3.53. The fraction of sp³-hybridized carbons (Fsp3) is 0.476. The molecular weight excluding hydrogens is 378 g/mol. The van der Waals surface area contributed by atoms with Crippen LogP contribution in [0.25, 0.3) is 0 Å². The second-order valence-corrected chi connectivity index (χ2v) is 7.70. The van der Waals surface area contributed by atoms with Crippen LogP contribution in [0.15, 0.2) is 24.3 Å². The minimum atomic E-state index is -0.175. The maximum absolute atomic E-state index is 13.3. The van der Waals surface area contributed by atoms with Gasteiger partial charge in [0.2, 0.25) is 0 Å². The average molecular weight is 404 g/mol. The first-order valence-corrected chi connectivity index (χ1v) is 9.90. The molecule has 0 aliphatic heterocycles. The summed E-state index contributed by atoms with van der Waals surface area (Å²) in [5, 5.41) is 4.88. The van der Waals surface area contributed by atoms with Gasteiger partial charge < -0.3 is 9.64 Å². The number of ether oxygens (including phenoxy) is 1. The highest BCUT2D eigenvalue weighted by molar-refractivity contribution is 6.33. The number of rotatable bonds is 7. The van der Waals surface area contributed by atoms with Crippen molar-refractivity contribution in [2.24, 2.45) is 18.9 Å². The number of benzene rings is 1. The van der Waals surface area contributed by atoms with Gasteiger partial charge in [0.1, 0.15) is 0 Å². The summed E-state index contributed by atoms with van der Waals surface area (Å²) in [6.45, 7) is 7.03. The van der Waals surface area contributed by atoms with E-state index in [-0.39, 0.29) is 23.7 Å². The van der Waals surface area contributed by atoms with Crippen molar-refractivity contribution in [1.82, 2.24) is 14.7 Å². The third-order valence-corrected chi connectivity index (χ3v) is 5.70. The number of hydrogen-bond donors (Lipinski definition) is 0. The molecule has 7 heteroatoms. The maximum Gasteiger partial charge on any atom is 0.309 e. The molecule has 0 saturated heterocycles. The molecule has 3 rings (SSSR count). The van der Waals surface area contributed by atoms with Crippen LogP contribution < -0.4 is 0 Å². The fourth-order valence-corrected chi connectivity index (χ4v) is 3.75. The van der Waals surface area contributed by atoms with Gasteiger partial charge in [-0.2, -0.15) is 5.10 Å². The Hall–Kier alpha value is -2.34. The van der Waals surface area contributed by atoms with Crippen molar-refractivity contribution in [3.63, 3.8) is 0 Å². The lowest BCUT2D eigenvalue weighted by Crippen LogP contribution is -2.33. The van der Waals surface area contributed by atoms with E-state index >= 15 is 0 Å². The number of halogens is 1. The SMILES string of the molecule is CCOC(=O)C1CC1CN(Cc1c(C)nn(C)c1C)C(=O)c1ccccc1Cl. The van der Waals surface area contributed by atoms with E-state index in [4.69, 9.17) is 16.3 Å². The number of amides is 1. The molecule has 1 fully saturated rings. The van der Waals surface area contributed by atoms with E-state index in [0.717, 1.165) is 23.4 Å². The van der Waals surface area contributed by atoms with Crippen LogP contribution in [0.3, 0.4) is 0 Å². The molecule has 150 valence electrons. The standard InChI is InChI=1S/C21H26ClN3O3/c1-5-28-21(27)17-10-15(17)11-25(12-18-13(2)23-24(4)14(18)3)20(26)16-8-6-7-9-19(16)22/h6-9,15,17H,5,10-12H2,1-4H3. The summed E-state index contributed by atoms with van der Waals surface area (Å²) in [4.78, 5) is 27.0. The van der Waals surface area contributed by atoms with Crippen molar-refractivity contribution < 1.29 is 14.3 Å². The summed E-state index contributed by atoms with van der Waals surface area (Å²) in [5.74, 6) is -0.325. The Bertz CT molecular complexity index is 893. The van der Waals surface area contributed by atoms with E-state index in [9.17, 15) is 9.59 Å². The van der Waals surface area contributed by atoms with Crippen LogP contribution >= 0.6 is 11.6 Å². The van der Waals surface area contributed by atoms with Gasteiger partial charge in [0.05, 0.1) is 28.8 Å². The number of aryl methyl sites for hydroxylation is 2. The number of hydrogen-bond acceptors (Lipinski definition) is 4. The molecule has 28 heavy (non-hydrogen) atoms. The molecular formula is C21H26ClN3O3. The second-order valence-electron chi connectivity index (χ2n) is 7.29. The van der Waals surface area contributed by atoms with Crippen LogP contribution in [0, 0.1) is 25.7 Å². The molecule has 1 aromatic heterocycles. The topological polar surface area (TPSA) is 64.4 Å². The zero-order valence-electron chi connectivity index (χ0n) is 16.7. The number of aromatic nitrogens is 2. The van der Waals surface area contributed by atoms with E-state index in [1.807, 2.05) is 25.6 Å². The first kappa shape index (κ1) is 20.4. The minimum Gasteiger partial charge on any atom is -0.466 e. The van der Waals surface area contributed by atoms with E-state index in [1.165, 1.54) is 0 Å². The zero-order chi connectivity index (χ0) is 20.4. The summed E-state index contributed by atoms with van der Waals surface area (Å²) >= 11 is 6.27. The molecule has 1 aliphatic rings. The Kier molecular flexibility index (Phi) is 6.08. The Morgan fingerprint density at radius 1 is 1.32 bits per heavy atom. The predicted octanol–water partition coefficient (Wildman–Crippen LogP) is 3.53. The van der Waals surface area contributed by atoms with E-state index in [2.05, 4.69) is 5.10 Å². The van der Waals surface area contributed by atoms with Crippen molar-refractivity contribution in [3.8, 4) is 0 Å². The maximum atomic E-state index is 13.3. The first-order chi connectivity index (χ1) is 13.3. The molecule has 1 aliphatic carbocycles. The molecule has 0 bridgehead atoms. The van der Waals surface area contributed by atoms with Crippen LogP contribution in [0.2, 0.25) is 5.02 Å². The molecule has 6 nitrogen and oxygen atoms in total. The van der Waals surface area contributed by atoms with E-state index in [0.29, 0.717) is 30.3 Å². The molecule has 0 N–H and O–H groups in total. The smallest absolute Gasteiger partial charge is 0.309 e. The molecule has 1 aromatic carbocycles. The highest BCUT2D eigenvalue weighted by atomic mass is 35.5. The Labute approximate surface area is 170 Å². The number of carbonyl (C=O) groups excluding carboxylic acids is 2. The minimum absolute atomic E-state index is 0.114. The monoisotopic (exact) mass is 403 g/mol. The van der Waals surface area contributed by atoms with Crippen LogP contribution in [-0.2, 0) is 23.1 Å². The van der Waals surface area contributed by atoms with Gasteiger partial charge in [0, 0.05) is 31.4 Å². The van der Waals surface area contributed by atoms with E-state index in [1.54, 1.807) is 36.1 Å². The lowest BCUT2D eigenvalue weighted by molar-refractivity contribution is -0.145. The third-order valence-electron chi connectivity index (χ3n) is 5.37. The van der Waals surface area contributed by atoms with Gasteiger partial charge in [-0.3, -0.25) is 14.3 Å². The molecule has 2 aromatic rings. The number of nitrogens with zero attached hydrogens (tertiary/aromatic N) is 3. The van der Waals surface area contributed by atoms with Crippen molar-refractivity contribution >= 4 is 23.5 Å². The van der Waals surface area contributed by atoms with Crippen molar-refractivity contribution in [1.29, 1.82) is 0 Å². The number of esters is 1. The molecule has 1 saturated carbocycles. The molecule has 0 radical (unpaired) electrons. The molecule has 2 atom stereocenters. The largest absolute Gasteiger partial charge is 0.466 e. The van der Waals surface area contributed by atoms with Crippen LogP contribution in [0.1, 0.15) is 40.7 Å². The van der Waals surface area contributed by atoms with Crippen LogP contribution in [0.5, 0.6) is 0 Å². The van der Waals surface area contributed by atoms with Crippen LogP contribution in [-0.4, -0.2) is 39.7 Å². The van der Waals surface area contributed by atoms with Gasteiger partial charge in [-0.25, -0.2) is 0 Å².